The fraction of sp³-hybridized carbons (Fsp3) is 0.172. The van der Waals surface area contributed by atoms with Crippen molar-refractivity contribution in [2.24, 2.45) is 0 Å². The molecule has 2 aliphatic heterocycles. The molecule has 2 aliphatic rings. The summed E-state index contributed by atoms with van der Waals surface area (Å²) in [7, 11) is 0. The van der Waals surface area contributed by atoms with Crippen LogP contribution in [0.1, 0.15) is 27.8 Å². The Morgan fingerprint density at radius 2 is 1.25 bits per heavy atom. The van der Waals surface area contributed by atoms with Crippen LogP contribution in [0.25, 0.3) is 0 Å². The fourth-order valence-corrected chi connectivity index (χ4v) is 5.70. The van der Waals surface area contributed by atoms with Crippen molar-refractivity contribution in [3.05, 3.63) is 94.5 Å². The lowest BCUT2D eigenvalue weighted by atomic mass is 9.33. The molecule has 0 unspecified atom stereocenters. The minimum absolute atomic E-state index is 0.170. The van der Waals surface area contributed by atoms with Gasteiger partial charge in [-0.15, -0.1) is 0 Å². The summed E-state index contributed by atoms with van der Waals surface area (Å²) in [5.74, 6) is 1.94. The number of anilines is 3. The van der Waals surface area contributed by atoms with Gasteiger partial charge < -0.3 is 9.64 Å². The minimum atomic E-state index is 0.170. The van der Waals surface area contributed by atoms with E-state index in [1.807, 2.05) is 0 Å². The molecule has 0 bridgehead atoms. The van der Waals surface area contributed by atoms with E-state index in [-0.39, 0.29) is 6.71 Å². The molecule has 2 nitrogen and oxygen atoms in total. The van der Waals surface area contributed by atoms with Crippen LogP contribution in [0, 0.1) is 34.6 Å². The second kappa shape index (κ2) is 6.77. The Kier molecular flexibility index (Phi) is 4.07. The predicted molar refractivity (Wildman–Crippen MR) is 136 cm³/mol. The summed E-state index contributed by atoms with van der Waals surface area (Å²) in [6.45, 7) is 11.1. The Hall–Kier alpha value is -3.46. The van der Waals surface area contributed by atoms with Crippen LogP contribution < -0.4 is 26.0 Å². The zero-order chi connectivity index (χ0) is 22.1. The van der Waals surface area contributed by atoms with Crippen molar-refractivity contribution < 1.29 is 4.74 Å². The maximum absolute atomic E-state index is 6.49. The van der Waals surface area contributed by atoms with E-state index in [0.717, 1.165) is 11.5 Å². The lowest BCUT2D eigenvalue weighted by Gasteiger charge is -2.41. The first-order chi connectivity index (χ1) is 15.4. The van der Waals surface area contributed by atoms with Gasteiger partial charge in [-0.25, -0.2) is 0 Å². The van der Waals surface area contributed by atoms with Crippen molar-refractivity contribution in [2.45, 2.75) is 34.6 Å². The molecule has 0 atom stereocenters. The van der Waals surface area contributed by atoms with E-state index in [4.69, 9.17) is 4.74 Å². The SMILES string of the molecule is Cc1cc(C)cc(N2c3cc(C)cc(C)c3B3c4ccccc4Oc4cc(C)cc2c43)c1. The number of ether oxygens (including phenoxy) is 1. The van der Waals surface area contributed by atoms with Crippen LogP contribution in [-0.4, -0.2) is 6.71 Å². The van der Waals surface area contributed by atoms with Gasteiger partial charge in [0.25, 0.3) is 6.71 Å². The highest BCUT2D eigenvalue weighted by Gasteiger charge is 2.42. The summed E-state index contributed by atoms with van der Waals surface area (Å²) in [4.78, 5) is 2.45. The van der Waals surface area contributed by atoms with Crippen LogP contribution in [0.15, 0.2) is 66.7 Å². The predicted octanol–water partition coefficient (Wildman–Crippen LogP) is 5.63. The smallest absolute Gasteiger partial charge is 0.256 e. The average Bonchev–Trinajstić information content (AvgIpc) is 2.72. The highest BCUT2D eigenvalue weighted by molar-refractivity contribution is 6.99. The lowest BCUT2D eigenvalue weighted by molar-refractivity contribution is 0.487. The number of rotatable bonds is 1. The van der Waals surface area contributed by atoms with E-state index in [9.17, 15) is 0 Å². The Morgan fingerprint density at radius 1 is 0.625 bits per heavy atom. The molecule has 32 heavy (non-hydrogen) atoms. The number of hydrogen-bond donors (Lipinski definition) is 0. The monoisotopic (exact) mass is 415 g/mol. The molecule has 2 heterocycles. The molecule has 3 heteroatoms. The molecule has 0 saturated heterocycles. The molecule has 4 aromatic carbocycles. The van der Waals surface area contributed by atoms with Gasteiger partial charge >= 0.3 is 0 Å². The van der Waals surface area contributed by atoms with Crippen molar-refractivity contribution >= 4 is 40.2 Å². The van der Waals surface area contributed by atoms with Crippen molar-refractivity contribution in [3.8, 4) is 11.5 Å². The van der Waals surface area contributed by atoms with Crippen LogP contribution >= 0.6 is 0 Å². The van der Waals surface area contributed by atoms with Gasteiger partial charge in [-0.05, 0) is 110 Å². The largest absolute Gasteiger partial charge is 0.458 e. The minimum Gasteiger partial charge on any atom is -0.458 e. The van der Waals surface area contributed by atoms with E-state index in [0.29, 0.717) is 0 Å². The quantitative estimate of drug-likeness (QED) is 0.323. The normalized spacial score (nSPS) is 13.3. The molecule has 6 rings (SSSR count). The third kappa shape index (κ3) is 2.74. The fourth-order valence-electron chi connectivity index (χ4n) is 5.70. The van der Waals surface area contributed by atoms with Crippen LogP contribution in [0.4, 0.5) is 17.1 Å². The molecule has 0 aromatic heterocycles. The van der Waals surface area contributed by atoms with Gasteiger partial charge in [0.05, 0.1) is 0 Å². The highest BCUT2D eigenvalue weighted by atomic mass is 16.5. The summed E-state index contributed by atoms with van der Waals surface area (Å²) in [6.07, 6.45) is 0. The number of aryl methyl sites for hydroxylation is 5. The Balaban J connectivity index is 1.75. The third-order valence-electron chi connectivity index (χ3n) is 6.75. The highest BCUT2D eigenvalue weighted by Crippen LogP contribution is 2.42. The van der Waals surface area contributed by atoms with Crippen molar-refractivity contribution in [1.82, 2.24) is 0 Å². The number of para-hydroxylation sites is 1. The molecule has 4 aromatic rings. The second-order valence-corrected chi connectivity index (χ2v) is 9.46. The van der Waals surface area contributed by atoms with Crippen LogP contribution in [0.3, 0.4) is 0 Å². The Morgan fingerprint density at radius 3 is 2.00 bits per heavy atom. The Labute approximate surface area is 190 Å². The molecular weight excluding hydrogens is 389 g/mol. The number of benzene rings is 4. The van der Waals surface area contributed by atoms with E-state index in [1.54, 1.807) is 0 Å². The first kappa shape index (κ1) is 19.2. The number of hydrogen-bond acceptors (Lipinski definition) is 2. The van der Waals surface area contributed by atoms with Gasteiger partial charge in [0.1, 0.15) is 11.5 Å². The summed E-state index contributed by atoms with van der Waals surface area (Å²) in [6, 6.07) is 24.5. The molecule has 0 radical (unpaired) electrons. The first-order valence-corrected chi connectivity index (χ1v) is 11.3. The summed E-state index contributed by atoms with van der Waals surface area (Å²) in [5.41, 5.74) is 14.0. The summed E-state index contributed by atoms with van der Waals surface area (Å²) in [5, 5.41) is 0. The lowest BCUT2D eigenvalue weighted by Crippen LogP contribution is -2.60. The molecule has 0 amide bonds. The molecule has 0 fully saturated rings. The van der Waals surface area contributed by atoms with E-state index in [2.05, 4.69) is 106 Å². The van der Waals surface area contributed by atoms with Gasteiger partial charge in [0.2, 0.25) is 0 Å². The van der Waals surface area contributed by atoms with E-state index in [1.165, 1.54) is 61.3 Å². The van der Waals surface area contributed by atoms with Gasteiger partial charge in [0, 0.05) is 17.1 Å². The molecular formula is C29H26BNO. The van der Waals surface area contributed by atoms with Gasteiger partial charge in [-0.3, -0.25) is 0 Å². The van der Waals surface area contributed by atoms with Crippen LogP contribution in [-0.2, 0) is 0 Å². The van der Waals surface area contributed by atoms with E-state index < -0.39 is 0 Å². The molecule has 0 N–H and O–H groups in total. The topological polar surface area (TPSA) is 12.5 Å². The first-order valence-electron chi connectivity index (χ1n) is 11.3. The van der Waals surface area contributed by atoms with Crippen molar-refractivity contribution in [3.63, 3.8) is 0 Å². The van der Waals surface area contributed by atoms with Crippen molar-refractivity contribution in [1.29, 1.82) is 0 Å². The van der Waals surface area contributed by atoms with Gasteiger partial charge in [-0.1, -0.05) is 35.9 Å². The molecule has 0 spiro atoms. The van der Waals surface area contributed by atoms with Gasteiger partial charge in [0.15, 0.2) is 0 Å². The summed E-state index contributed by atoms with van der Waals surface area (Å²) >= 11 is 0. The van der Waals surface area contributed by atoms with Crippen LogP contribution in [0.5, 0.6) is 11.5 Å². The standard InChI is InChI=1S/C29H26BNO/c1-17-10-18(2)13-22(12-17)31-24-14-19(3)11-21(5)28(24)30-23-8-6-7-9-26(23)32-27-16-20(4)15-25(31)29(27)30/h6-16H,1-5H3. The second-order valence-electron chi connectivity index (χ2n) is 9.46. The summed E-state index contributed by atoms with van der Waals surface area (Å²) < 4.78 is 6.49. The van der Waals surface area contributed by atoms with Gasteiger partial charge in [-0.2, -0.15) is 0 Å². The maximum atomic E-state index is 6.49. The third-order valence-corrected chi connectivity index (χ3v) is 6.75. The van der Waals surface area contributed by atoms with E-state index >= 15 is 0 Å². The average molecular weight is 415 g/mol. The molecule has 156 valence electrons. The maximum Gasteiger partial charge on any atom is 0.256 e. The van der Waals surface area contributed by atoms with Crippen LogP contribution in [0.2, 0.25) is 0 Å². The molecule has 0 saturated carbocycles. The molecule has 0 aliphatic carbocycles. The number of fused-ring (bicyclic) bond motifs is 4. The van der Waals surface area contributed by atoms with Crippen molar-refractivity contribution in [2.75, 3.05) is 4.90 Å². The zero-order valence-corrected chi connectivity index (χ0v) is 19.3. The zero-order valence-electron chi connectivity index (χ0n) is 19.3. The number of nitrogens with zero attached hydrogens (tertiary/aromatic N) is 1. The Bertz CT molecular complexity index is 1380.